The summed E-state index contributed by atoms with van der Waals surface area (Å²) in [4.78, 5) is 0. The minimum Gasteiger partial charge on any atom is -0.495 e. The van der Waals surface area contributed by atoms with Gasteiger partial charge in [0, 0.05) is 12.1 Å². The van der Waals surface area contributed by atoms with Crippen LogP contribution in [0.1, 0.15) is 5.56 Å². The summed E-state index contributed by atoms with van der Waals surface area (Å²) in [5, 5.41) is -0.00771. The molecule has 0 aliphatic heterocycles. The summed E-state index contributed by atoms with van der Waals surface area (Å²) in [6, 6.07) is 3.20. The lowest BCUT2D eigenvalue weighted by atomic mass is 10.2. The maximum atomic E-state index is 13.5. The Morgan fingerprint density at radius 2 is 2.29 bits per heavy atom. The predicted octanol–water partition coefficient (Wildman–Crippen LogP) is 2.46. The lowest BCUT2D eigenvalue weighted by molar-refractivity contribution is 0.411. The topological polar surface area (TPSA) is 35.2 Å². The fourth-order valence-corrected chi connectivity index (χ4v) is 1.28. The molecule has 0 bridgehead atoms. The van der Waals surface area contributed by atoms with Gasteiger partial charge in [-0.1, -0.05) is 23.8 Å². The average Bonchev–Trinajstić information content (AvgIpc) is 2.20. The number of hydrogen-bond donors (Lipinski definition) is 1. The van der Waals surface area contributed by atoms with Gasteiger partial charge in [-0.2, -0.15) is 0 Å². The van der Waals surface area contributed by atoms with E-state index in [1.54, 1.807) is 24.3 Å². The van der Waals surface area contributed by atoms with Gasteiger partial charge in [0.15, 0.2) is 5.82 Å². The third-order valence-electron chi connectivity index (χ3n) is 1.73. The van der Waals surface area contributed by atoms with Crippen molar-refractivity contribution in [3.63, 3.8) is 0 Å². The molecule has 1 aromatic rings. The second kappa shape index (κ2) is 4.98. The molecule has 2 N–H and O–H groups in total. The highest BCUT2D eigenvalue weighted by atomic mass is 35.5. The minimum atomic E-state index is -0.490. The van der Waals surface area contributed by atoms with Crippen LogP contribution < -0.4 is 10.5 Å². The highest BCUT2D eigenvalue weighted by molar-refractivity contribution is 6.32. The van der Waals surface area contributed by atoms with E-state index in [0.29, 0.717) is 17.9 Å². The summed E-state index contributed by atoms with van der Waals surface area (Å²) >= 11 is 5.71. The van der Waals surface area contributed by atoms with Crippen molar-refractivity contribution >= 4 is 17.7 Å². The molecule has 0 saturated heterocycles. The van der Waals surface area contributed by atoms with Crippen molar-refractivity contribution in [1.29, 1.82) is 0 Å². The summed E-state index contributed by atoms with van der Waals surface area (Å²) in [7, 11) is 1.44. The van der Waals surface area contributed by atoms with Crippen LogP contribution in [-0.4, -0.2) is 13.7 Å². The van der Waals surface area contributed by atoms with Crippen LogP contribution in [0.2, 0.25) is 5.02 Å². The van der Waals surface area contributed by atoms with Crippen LogP contribution in [-0.2, 0) is 0 Å². The Hall–Kier alpha value is -1.06. The first kappa shape index (κ1) is 11.0. The summed E-state index contributed by atoms with van der Waals surface area (Å²) in [5.41, 5.74) is 5.66. The van der Waals surface area contributed by atoms with E-state index in [2.05, 4.69) is 0 Å². The number of halogens is 2. The predicted molar refractivity (Wildman–Crippen MR) is 56.1 cm³/mol. The molecule has 0 amide bonds. The van der Waals surface area contributed by atoms with Crippen LogP contribution in [0, 0.1) is 5.82 Å². The van der Waals surface area contributed by atoms with Crippen LogP contribution in [0.15, 0.2) is 18.2 Å². The molecule has 1 rings (SSSR count). The number of benzene rings is 1. The van der Waals surface area contributed by atoms with Gasteiger partial charge < -0.3 is 10.5 Å². The first-order valence-corrected chi connectivity index (χ1v) is 4.47. The fourth-order valence-electron chi connectivity index (χ4n) is 1.03. The highest BCUT2D eigenvalue weighted by Crippen LogP contribution is 2.29. The van der Waals surface area contributed by atoms with Gasteiger partial charge in [0.2, 0.25) is 0 Å². The van der Waals surface area contributed by atoms with Crippen LogP contribution in [0.3, 0.4) is 0 Å². The van der Waals surface area contributed by atoms with E-state index >= 15 is 0 Å². The molecule has 0 atom stereocenters. The third-order valence-corrected chi connectivity index (χ3v) is 2.08. The SMILES string of the molecule is COc1ccc(/C=C/CN)c(F)c1Cl. The van der Waals surface area contributed by atoms with E-state index in [4.69, 9.17) is 22.1 Å². The normalized spacial score (nSPS) is 10.9. The Labute approximate surface area is 87.1 Å². The van der Waals surface area contributed by atoms with E-state index in [-0.39, 0.29) is 5.02 Å². The van der Waals surface area contributed by atoms with Crippen LogP contribution in [0.25, 0.3) is 6.08 Å². The van der Waals surface area contributed by atoms with Gasteiger partial charge in [0.25, 0.3) is 0 Å². The van der Waals surface area contributed by atoms with E-state index in [9.17, 15) is 4.39 Å². The van der Waals surface area contributed by atoms with E-state index in [1.807, 2.05) is 0 Å². The van der Waals surface area contributed by atoms with Gasteiger partial charge in [-0.3, -0.25) is 0 Å². The molecule has 0 aromatic heterocycles. The van der Waals surface area contributed by atoms with Gasteiger partial charge in [-0.05, 0) is 12.1 Å². The molecule has 14 heavy (non-hydrogen) atoms. The molecule has 2 nitrogen and oxygen atoms in total. The van der Waals surface area contributed by atoms with Crippen molar-refractivity contribution in [3.05, 3.63) is 34.6 Å². The molecule has 0 radical (unpaired) electrons. The Bertz CT molecular complexity index is 352. The van der Waals surface area contributed by atoms with E-state index in [0.717, 1.165) is 0 Å². The Balaban J connectivity index is 3.10. The molecule has 0 fully saturated rings. The molecular weight excluding hydrogens is 205 g/mol. The average molecular weight is 216 g/mol. The van der Waals surface area contributed by atoms with Gasteiger partial charge in [-0.15, -0.1) is 0 Å². The monoisotopic (exact) mass is 215 g/mol. The van der Waals surface area contributed by atoms with Gasteiger partial charge in [0.1, 0.15) is 10.8 Å². The first-order chi connectivity index (χ1) is 6.70. The lowest BCUT2D eigenvalue weighted by Crippen LogP contribution is -1.93. The molecule has 0 unspecified atom stereocenters. The second-order valence-electron chi connectivity index (χ2n) is 2.62. The van der Waals surface area contributed by atoms with Crippen LogP contribution in [0.4, 0.5) is 4.39 Å². The van der Waals surface area contributed by atoms with Crippen molar-refractivity contribution in [3.8, 4) is 5.75 Å². The maximum absolute atomic E-state index is 13.5. The summed E-state index contributed by atoms with van der Waals surface area (Å²) in [6.07, 6.45) is 3.24. The zero-order valence-electron chi connectivity index (χ0n) is 7.76. The quantitative estimate of drug-likeness (QED) is 0.841. The molecule has 4 heteroatoms. The molecular formula is C10H11ClFNO. The molecule has 76 valence electrons. The largest absolute Gasteiger partial charge is 0.495 e. The van der Waals surface area contributed by atoms with Gasteiger partial charge in [-0.25, -0.2) is 4.39 Å². The van der Waals surface area contributed by atoms with Gasteiger partial charge in [0.05, 0.1) is 7.11 Å². The number of hydrogen-bond acceptors (Lipinski definition) is 2. The molecule has 0 aliphatic rings. The number of ether oxygens (including phenoxy) is 1. The summed E-state index contributed by atoms with van der Waals surface area (Å²) in [5.74, 6) is -0.162. The molecule has 0 heterocycles. The molecule has 0 saturated carbocycles. The Kier molecular flexibility index (Phi) is 3.92. The van der Waals surface area contributed by atoms with Crippen molar-refractivity contribution in [2.45, 2.75) is 0 Å². The molecule has 0 aliphatic carbocycles. The van der Waals surface area contributed by atoms with Crippen molar-refractivity contribution in [1.82, 2.24) is 0 Å². The van der Waals surface area contributed by atoms with E-state index < -0.39 is 5.82 Å². The van der Waals surface area contributed by atoms with E-state index in [1.165, 1.54) is 7.11 Å². The smallest absolute Gasteiger partial charge is 0.152 e. The van der Waals surface area contributed by atoms with Crippen molar-refractivity contribution < 1.29 is 9.13 Å². The van der Waals surface area contributed by atoms with Crippen LogP contribution in [0.5, 0.6) is 5.75 Å². The number of nitrogens with two attached hydrogens (primary N) is 1. The zero-order chi connectivity index (χ0) is 10.6. The van der Waals surface area contributed by atoms with Crippen molar-refractivity contribution in [2.24, 2.45) is 5.73 Å². The Morgan fingerprint density at radius 1 is 1.57 bits per heavy atom. The fraction of sp³-hybridized carbons (Fsp3) is 0.200. The number of rotatable bonds is 3. The second-order valence-corrected chi connectivity index (χ2v) is 3.00. The third kappa shape index (κ3) is 2.25. The molecule has 0 spiro atoms. The Morgan fingerprint density at radius 3 is 2.86 bits per heavy atom. The maximum Gasteiger partial charge on any atom is 0.152 e. The molecule has 1 aromatic carbocycles. The van der Waals surface area contributed by atoms with Crippen molar-refractivity contribution in [2.75, 3.05) is 13.7 Å². The standard InChI is InChI=1S/C10H11ClFNO/c1-14-8-5-4-7(3-2-6-13)10(12)9(8)11/h2-5H,6,13H2,1H3/b3-2+. The minimum absolute atomic E-state index is 0.00771. The van der Waals surface area contributed by atoms with Gasteiger partial charge >= 0.3 is 0 Å². The first-order valence-electron chi connectivity index (χ1n) is 4.09. The summed E-state index contributed by atoms with van der Waals surface area (Å²) < 4.78 is 18.3. The zero-order valence-corrected chi connectivity index (χ0v) is 8.51. The summed E-state index contributed by atoms with van der Waals surface area (Å²) in [6.45, 7) is 0.364. The lowest BCUT2D eigenvalue weighted by Gasteiger charge is -2.05. The number of methoxy groups -OCH3 is 1. The highest BCUT2D eigenvalue weighted by Gasteiger charge is 2.09. The van der Waals surface area contributed by atoms with Crippen LogP contribution >= 0.6 is 11.6 Å².